The number of anilines is 2. The Balaban J connectivity index is 0.000000152. The maximum atomic E-state index is 13.3. The van der Waals surface area contributed by atoms with Crippen LogP contribution in [-0.2, 0) is 9.47 Å². The van der Waals surface area contributed by atoms with Crippen LogP contribution in [0.3, 0.4) is 0 Å². The Morgan fingerprint density at radius 1 is 0.321 bits per heavy atom. The van der Waals surface area contributed by atoms with Gasteiger partial charge in [-0.2, -0.15) is 0 Å². The van der Waals surface area contributed by atoms with Crippen molar-refractivity contribution in [2.45, 2.75) is 154 Å². The van der Waals surface area contributed by atoms with Crippen LogP contribution in [0.25, 0.3) is 44.6 Å². The number of hydrogen-bond acceptors (Lipinski definition) is 10. The average Bonchev–Trinajstić information content (AvgIpc) is 0.792. The van der Waals surface area contributed by atoms with Crippen molar-refractivity contribution < 1.29 is 48.3 Å². The molecular weight excluding hydrogens is 1800 g/mol. The van der Waals surface area contributed by atoms with E-state index in [4.69, 9.17) is 9.47 Å². The van der Waals surface area contributed by atoms with Crippen LogP contribution in [0, 0.1) is 0 Å². The van der Waals surface area contributed by atoms with Gasteiger partial charge in [0.15, 0.2) is 0 Å². The van der Waals surface area contributed by atoms with Crippen molar-refractivity contribution in [1.82, 2.24) is 9.80 Å². The number of likely N-dealkylation sites (tertiary alicyclic amines) is 1. The molecule has 16 heteroatoms. The molecule has 4 fully saturated rings. The van der Waals surface area contributed by atoms with Gasteiger partial charge in [0.05, 0.1) is 13.3 Å². The van der Waals surface area contributed by atoms with E-state index in [2.05, 4.69) is 266 Å². The molecule has 3 aliphatic heterocycles. The highest BCUT2D eigenvalue weighted by atomic mass is 79.9. The molecule has 12 nitrogen and oxygen atoms in total. The number of aliphatic hydroxyl groups excluding tert-OH is 2. The van der Waals surface area contributed by atoms with E-state index in [0.29, 0.717) is 64.2 Å². The Morgan fingerprint density at radius 2 is 0.597 bits per heavy atom. The monoisotopic (exact) mass is 1920 g/mol. The summed E-state index contributed by atoms with van der Waals surface area (Å²) in [6, 6.07) is 108. The van der Waals surface area contributed by atoms with Crippen molar-refractivity contribution in [2.24, 2.45) is 0 Å². The predicted octanol–water partition coefficient (Wildman–Crippen LogP) is 29.2. The maximum Gasteiger partial charge on any atom is 0.410 e. The van der Waals surface area contributed by atoms with Gasteiger partial charge in [0, 0.05) is 91.8 Å². The fourth-order valence-electron chi connectivity index (χ4n) is 17.8. The van der Waals surface area contributed by atoms with Crippen LogP contribution >= 0.6 is 31.9 Å². The zero-order valence-corrected chi connectivity index (χ0v) is 81.5. The van der Waals surface area contributed by atoms with Gasteiger partial charge < -0.3 is 49.5 Å². The largest absolute Gasteiger partial charge is 0.508 e. The minimum absolute atomic E-state index is 0.151. The van der Waals surface area contributed by atoms with Crippen LogP contribution in [0.1, 0.15) is 221 Å². The third kappa shape index (κ3) is 28.1. The van der Waals surface area contributed by atoms with Crippen molar-refractivity contribution in [3.8, 4) is 11.5 Å². The Hall–Kier alpha value is -11.9. The SMILES string of the molecule is CC(C)(C)OC(=O)N1CC(c2ccc(/C(=C(/CCCF)c3ccccc3)c3ccc(O)cc3)cc2)C1.CC(C)(C)OC(=O)N1CCN(c2ccc(/C(=C(/CCCO)c3ccccc3)c3ccc(Br)cc3)cc2)CC1.OCCC/C(=C(\c1ccc(Br)cc1)c1ccc(N2CCCCC2)cc1)c1ccccc1.Oc1ccc(/C(=C(\CCCF)c2ccccc2)c2ccc(C3CCC3)cc2)cc1. The molecule has 16 rings (SSSR count). The number of halogens is 4. The van der Waals surface area contributed by atoms with E-state index >= 15 is 0 Å². The highest BCUT2D eigenvalue weighted by Crippen LogP contribution is 2.44. The average molecular weight is 1930 g/mol. The molecule has 1 saturated carbocycles. The van der Waals surface area contributed by atoms with E-state index in [1.807, 2.05) is 108 Å². The summed E-state index contributed by atoms with van der Waals surface area (Å²) in [5.41, 5.74) is 26.8. The standard InChI is InChI=1S/C32H37BrN2O3.C31H34FNO3.C28H30BrNO.C27H27FO/c1-32(2,3)38-31(37)35-21-19-34(20-22-35)28-17-13-26(14-18-28)30(25-11-15-27(33)16-12-25)29(10-7-23-36)24-8-5-4-6-9-24;1-31(2,3)36-30(35)33-20-26(21-33)22-11-13-24(14-12-22)29(25-15-17-27(34)18-16-25)28(10-7-19-32)23-8-5-4-6-9-23;29-25-15-11-23(12-16-25)28(27(10-7-21-31)22-8-3-1-4-9-22)24-13-17-26(18-14-24)30-19-5-2-6-20-30;28-19-5-10-26(22-6-2-1-3-7-22)27(24-15-17-25(29)18-16-24)23-13-11-21(12-14-23)20-8-4-9-20/h4-6,8-9,11-18,36H,7,10,19-23H2,1-3H3;4-6,8-9,11-18,26,34H,7,10,19-21H2,1-3H3;1,3-4,8-9,11-18,31H,2,5-7,10,19-21H2;1-3,6-7,11-18,20,29H,4-5,8-10,19H2/b30-29-;29-28+;28-27-;27-26+. The fraction of sp³-hybridized carbons (Fsp3) is 0.305. The Morgan fingerprint density at radius 3 is 0.888 bits per heavy atom. The molecule has 1 aliphatic carbocycles. The fourth-order valence-corrected chi connectivity index (χ4v) is 18.3. The van der Waals surface area contributed by atoms with Gasteiger partial charge in [-0.3, -0.25) is 8.78 Å². The second kappa shape index (κ2) is 49.4. The third-order valence-electron chi connectivity index (χ3n) is 24.9. The number of carbonyl (C=O) groups excluding carboxylic acids is 2. The molecule has 2 amide bonds. The molecule has 0 spiro atoms. The van der Waals surface area contributed by atoms with Gasteiger partial charge in [0.1, 0.15) is 22.7 Å². The molecule has 3 heterocycles. The van der Waals surface area contributed by atoms with Crippen molar-refractivity contribution >= 4 is 100 Å². The van der Waals surface area contributed by atoms with E-state index in [1.165, 1.54) is 99.9 Å². The molecule has 0 unspecified atom stereocenters. The van der Waals surface area contributed by atoms with Gasteiger partial charge >= 0.3 is 12.2 Å². The van der Waals surface area contributed by atoms with Crippen LogP contribution in [-0.4, -0.2) is 133 Å². The number of aromatic hydroxyl groups is 2. The van der Waals surface area contributed by atoms with Gasteiger partial charge in [-0.25, -0.2) is 9.59 Å². The van der Waals surface area contributed by atoms with Crippen LogP contribution in [0.5, 0.6) is 11.5 Å². The van der Waals surface area contributed by atoms with Gasteiger partial charge in [-0.15, -0.1) is 0 Å². The molecule has 4 N–H and O–H groups in total. The van der Waals surface area contributed by atoms with Crippen LogP contribution in [0.4, 0.5) is 29.7 Å². The first-order valence-electron chi connectivity index (χ1n) is 47.5. The van der Waals surface area contributed by atoms with Crippen molar-refractivity contribution in [1.29, 1.82) is 0 Å². The number of alkyl halides is 2. The van der Waals surface area contributed by atoms with E-state index < -0.39 is 11.2 Å². The summed E-state index contributed by atoms with van der Waals surface area (Å²) in [5, 5.41) is 38.8. The summed E-state index contributed by atoms with van der Waals surface area (Å²) in [5.74, 6) is 1.43. The molecule has 134 heavy (non-hydrogen) atoms. The van der Waals surface area contributed by atoms with Gasteiger partial charge in [-0.05, 0) is 326 Å². The number of rotatable bonds is 28. The quantitative estimate of drug-likeness (QED) is 0.0350. The highest BCUT2D eigenvalue weighted by Gasteiger charge is 2.35. The van der Waals surface area contributed by atoms with Gasteiger partial charge in [-0.1, -0.05) is 281 Å². The van der Waals surface area contributed by atoms with Crippen molar-refractivity contribution in [2.75, 3.05) is 88.7 Å². The number of piperazine rings is 1. The number of phenols is 2. The highest BCUT2D eigenvalue weighted by molar-refractivity contribution is 9.10. The van der Waals surface area contributed by atoms with Crippen LogP contribution in [0.2, 0.25) is 0 Å². The zero-order valence-electron chi connectivity index (χ0n) is 78.3. The number of amides is 2. The number of phenolic OH excluding ortho intramolecular Hbond substituents is 2. The summed E-state index contributed by atoms with van der Waals surface area (Å²) in [6.07, 6.45) is 12.5. The second-order valence-corrected chi connectivity index (χ2v) is 38.6. The number of aliphatic hydroxyl groups is 2. The Labute approximate surface area is 809 Å². The molecule has 696 valence electrons. The van der Waals surface area contributed by atoms with Crippen LogP contribution in [0.15, 0.2) is 324 Å². The number of ether oxygens (including phenoxy) is 2. The minimum Gasteiger partial charge on any atom is -0.508 e. The predicted molar refractivity (Wildman–Crippen MR) is 556 cm³/mol. The summed E-state index contributed by atoms with van der Waals surface area (Å²) in [4.78, 5) is 33.1. The summed E-state index contributed by atoms with van der Waals surface area (Å²) >= 11 is 7.14. The minimum atomic E-state index is -0.501. The van der Waals surface area contributed by atoms with E-state index in [1.54, 1.807) is 34.1 Å². The first-order chi connectivity index (χ1) is 65.0. The number of hydrogen-bond donors (Lipinski definition) is 4. The van der Waals surface area contributed by atoms with Crippen molar-refractivity contribution in [3.63, 3.8) is 0 Å². The van der Waals surface area contributed by atoms with Crippen LogP contribution < -0.4 is 9.80 Å². The molecule has 4 aliphatic rings. The topological polar surface area (TPSA) is 146 Å². The number of carbonyl (C=O) groups is 2. The first kappa shape index (κ1) is 99.6. The number of allylic oxidation sites excluding steroid dienone is 4. The number of piperidine rings is 1. The summed E-state index contributed by atoms with van der Waals surface area (Å²) < 4.78 is 39.5. The lowest BCUT2D eigenvalue weighted by atomic mass is 9.79. The lowest BCUT2D eigenvalue weighted by molar-refractivity contribution is 0.00811. The molecule has 0 radical (unpaired) electrons. The first-order valence-corrected chi connectivity index (χ1v) is 49.1. The third-order valence-corrected chi connectivity index (χ3v) is 25.9. The maximum absolute atomic E-state index is 13.3. The molecule has 0 bridgehead atoms. The Kier molecular flexibility index (Phi) is 36.7. The summed E-state index contributed by atoms with van der Waals surface area (Å²) in [7, 11) is 0. The Bertz CT molecular complexity index is 5810. The molecule has 3 saturated heterocycles. The zero-order chi connectivity index (χ0) is 94.4. The smallest absolute Gasteiger partial charge is 0.410 e. The van der Waals surface area contributed by atoms with E-state index in [0.717, 1.165) is 127 Å². The van der Waals surface area contributed by atoms with Gasteiger partial charge in [0.2, 0.25) is 0 Å². The molecule has 0 aromatic heterocycles. The molecule has 0 atom stereocenters. The number of nitrogens with zero attached hydrogens (tertiary/aromatic N) is 4. The van der Waals surface area contributed by atoms with E-state index in [-0.39, 0.29) is 56.2 Å². The lowest BCUT2D eigenvalue weighted by Crippen LogP contribution is -2.50. The molecule has 12 aromatic carbocycles. The second-order valence-electron chi connectivity index (χ2n) is 36.8. The van der Waals surface area contributed by atoms with Gasteiger partial charge in [0.25, 0.3) is 0 Å². The van der Waals surface area contributed by atoms with Crippen molar-refractivity contribution in [3.05, 3.63) is 402 Å². The molecular formula is C118H128Br2F2N4O8. The molecule has 12 aromatic rings. The number of benzene rings is 12. The summed E-state index contributed by atoms with van der Waals surface area (Å²) in [6.45, 7) is 17.3. The lowest BCUT2D eigenvalue weighted by Gasteiger charge is -2.40. The van der Waals surface area contributed by atoms with E-state index in [9.17, 15) is 38.8 Å². The normalized spacial score (nSPS) is 14.8.